The molecule has 0 spiro atoms. The minimum Gasteiger partial charge on any atom is -0.370 e. The Bertz CT molecular complexity index is 569. The zero-order chi connectivity index (χ0) is 12.4. The molecule has 0 bridgehead atoms. The van der Waals surface area contributed by atoms with E-state index in [-0.39, 0.29) is 6.10 Å². The van der Waals surface area contributed by atoms with E-state index in [1.54, 1.807) is 0 Å². The van der Waals surface area contributed by atoms with Gasteiger partial charge in [-0.1, -0.05) is 18.2 Å². The van der Waals surface area contributed by atoms with E-state index in [2.05, 4.69) is 10.2 Å². The van der Waals surface area contributed by atoms with E-state index >= 15 is 0 Å². The molecule has 94 valence electrons. The van der Waals surface area contributed by atoms with Gasteiger partial charge in [-0.25, -0.2) is 0 Å². The number of benzene rings is 1. The van der Waals surface area contributed by atoms with Crippen molar-refractivity contribution in [1.82, 2.24) is 14.8 Å². The quantitative estimate of drug-likeness (QED) is 0.844. The molecule has 1 aromatic carbocycles. The molecule has 1 aliphatic heterocycles. The predicted molar refractivity (Wildman–Crippen MR) is 71.3 cm³/mol. The van der Waals surface area contributed by atoms with Gasteiger partial charge in [0.2, 0.25) is 0 Å². The van der Waals surface area contributed by atoms with Gasteiger partial charge < -0.3 is 4.74 Å². The van der Waals surface area contributed by atoms with Crippen molar-refractivity contribution in [3.63, 3.8) is 0 Å². The summed E-state index contributed by atoms with van der Waals surface area (Å²) in [6.07, 6.45) is 3.37. The molecule has 1 saturated heterocycles. The van der Waals surface area contributed by atoms with Gasteiger partial charge in [0.25, 0.3) is 0 Å². The van der Waals surface area contributed by atoms with Crippen LogP contribution in [-0.2, 0) is 4.74 Å². The Morgan fingerprint density at radius 1 is 1.28 bits per heavy atom. The summed E-state index contributed by atoms with van der Waals surface area (Å²) >= 11 is 5.31. The first-order chi connectivity index (χ1) is 8.86. The lowest BCUT2D eigenvalue weighted by atomic mass is 10.1. The van der Waals surface area contributed by atoms with Crippen LogP contribution in [0.4, 0.5) is 0 Å². The van der Waals surface area contributed by atoms with Gasteiger partial charge in [-0.2, -0.15) is 5.10 Å². The molecule has 5 heteroatoms. The lowest BCUT2D eigenvalue weighted by molar-refractivity contribution is 0.00836. The molecule has 1 unspecified atom stereocenters. The summed E-state index contributed by atoms with van der Waals surface area (Å²) in [6, 6.07) is 10.0. The molecule has 2 heterocycles. The number of nitrogens with zero attached hydrogens (tertiary/aromatic N) is 2. The second kappa shape index (κ2) is 5.04. The maximum atomic E-state index is 5.79. The summed E-state index contributed by atoms with van der Waals surface area (Å²) in [5.74, 6) is 0.880. The Balaban J connectivity index is 2.04. The van der Waals surface area contributed by atoms with Crippen molar-refractivity contribution in [2.24, 2.45) is 0 Å². The van der Waals surface area contributed by atoms with Gasteiger partial charge >= 0.3 is 0 Å². The summed E-state index contributed by atoms with van der Waals surface area (Å²) in [6.45, 7) is 0.805. The topological polar surface area (TPSA) is 42.8 Å². The standard InChI is InChI=1S/C13H15N3OS/c18-13-15-14-12(11-8-4-5-9-17-11)16(13)10-6-2-1-3-7-10/h1-3,6-7,11H,4-5,8-9H2,(H,15,18). The Labute approximate surface area is 111 Å². The number of H-pyrrole nitrogens is 1. The van der Waals surface area contributed by atoms with Gasteiger partial charge in [0, 0.05) is 12.3 Å². The van der Waals surface area contributed by atoms with Gasteiger partial charge in [0.05, 0.1) is 0 Å². The molecule has 1 fully saturated rings. The number of nitrogens with one attached hydrogen (secondary N) is 1. The monoisotopic (exact) mass is 261 g/mol. The first-order valence-corrected chi connectivity index (χ1v) is 6.61. The minimum absolute atomic E-state index is 0.0481. The first-order valence-electron chi connectivity index (χ1n) is 6.20. The normalized spacial score (nSPS) is 19.9. The second-order valence-corrected chi connectivity index (χ2v) is 4.80. The van der Waals surface area contributed by atoms with Crippen molar-refractivity contribution in [1.29, 1.82) is 0 Å². The van der Waals surface area contributed by atoms with E-state index in [4.69, 9.17) is 17.0 Å². The lowest BCUT2D eigenvalue weighted by Gasteiger charge is -2.22. The van der Waals surface area contributed by atoms with Crippen LogP contribution in [0.5, 0.6) is 0 Å². The van der Waals surface area contributed by atoms with E-state index in [9.17, 15) is 0 Å². The maximum absolute atomic E-state index is 5.79. The highest BCUT2D eigenvalue weighted by molar-refractivity contribution is 7.71. The third-order valence-corrected chi connectivity index (χ3v) is 3.45. The summed E-state index contributed by atoms with van der Waals surface area (Å²) < 4.78 is 8.37. The molecule has 0 aliphatic carbocycles. The van der Waals surface area contributed by atoms with E-state index < -0.39 is 0 Å². The average molecular weight is 261 g/mol. The number of aromatic amines is 1. The third kappa shape index (κ3) is 2.11. The number of hydrogen-bond acceptors (Lipinski definition) is 3. The Morgan fingerprint density at radius 3 is 2.83 bits per heavy atom. The third-order valence-electron chi connectivity index (χ3n) is 3.18. The van der Waals surface area contributed by atoms with Crippen LogP contribution >= 0.6 is 12.2 Å². The Morgan fingerprint density at radius 2 is 2.11 bits per heavy atom. The van der Waals surface area contributed by atoms with E-state index in [0.717, 1.165) is 31.0 Å². The van der Waals surface area contributed by atoms with Crippen LogP contribution < -0.4 is 0 Å². The van der Waals surface area contributed by atoms with E-state index in [1.807, 2.05) is 34.9 Å². The van der Waals surface area contributed by atoms with Crippen LogP contribution in [0.25, 0.3) is 5.69 Å². The smallest absolute Gasteiger partial charge is 0.199 e. The fourth-order valence-corrected chi connectivity index (χ4v) is 2.54. The molecule has 1 atom stereocenters. The van der Waals surface area contributed by atoms with Gasteiger partial charge in [0.1, 0.15) is 6.10 Å². The van der Waals surface area contributed by atoms with Gasteiger partial charge in [-0.15, -0.1) is 0 Å². The molecule has 1 N–H and O–H groups in total. The molecule has 0 amide bonds. The summed E-state index contributed by atoms with van der Waals surface area (Å²) in [4.78, 5) is 0. The van der Waals surface area contributed by atoms with Crippen LogP contribution in [0.3, 0.4) is 0 Å². The zero-order valence-corrected chi connectivity index (χ0v) is 10.8. The number of ether oxygens (including phenoxy) is 1. The van der Waals surface area contributed by atoms with Gasteiger partial charge in [-0.3, -0.25) is 9.67 Å². The SMILES string of the molecule is S=c1[nH]nc(C2CCCCO2)n1-c1ccccc1. The summed E-state index contributed by atoms with van der Waals surface area (Å²) in [7, 11) is 0. The van der Waals surface area contributed by atoms with Crippen LogP contribution in [0, 0.1) is 4.77 Å². The Kier molecular flexibility index (Phi) is 3.25. The lowest BCUT2D eigenvalue weighted by Crippen LogP contribution is -2.16. The van der Waals surface area contributed by atoms with Crippen LogP contribution in [0.2, 0.25) is 0 Å². The molecular weight excluding hydrogens is 246 g/mol. The maximum Gasteiger partial charge on any atom is 0.199 e. The van der Waals surface area contributed by atoms with Crippen molar-refractivity contribution >= 4 is 12.2 Å². The molecule has 0 saturated carbocycles. The molecule has 18 heavy (non-hydrogen) atoms. The highest BCUT2D eigenvalue weighted by Gasteiger charge is 2.22. The fraction of sp³-hybridized carbons (Fsp3) is 0.385. The minimum atomic E-state index is 0.0481. The van der Waals surface area contributed by atoms with Crippen molar-refractivity contribution in [3.05, 3.63) is 40.9 Å². The van der Waals surface area contributed by atoms with Crippen molar-refractivity contribution < 1.29 is 4.74 Å². The molecule has 4 nitrogen and oxygen atoms in total. The molecule has 0 radical (unpaired) electrons. The predicted octanol–water partition coefficient (Wildman–Crippen LogP) is 3.17. The average Bonchev–Trinajstić information content (AvgIpc) is 2.83. The van der Waals surface area contributed by atoms with Crippen molar-refractivity contribution in [3.8, 4) is 5.69 Å². The largest absolute Gasteiger partial charge is 0.370 e. The molecular formula is C13H15N3OS. The molecule has 3 rings (SSSR count). The number of rotatable bonds is 2. The van der Waals surface area contributed by atoms with Crippen molar-refractivity contribution in [2.75, 3.05) is 6.61 Å². The van der Waals surface area contributed by atoms with Crippen LogP contribution in [0.1, 0.15) is 31.2 Å². The second-order valence-electron chi connectivity index (χ2n) is 4.41. The molecule has 1 aliphatic rings. The first kappa shape index (κ1) is 11.6. The number of hydrogen-bond donors (Lipinski definition) is 1. The van der Waals surface area contributed by atoms with E-state index in [1.165, 1.54) is 6.42 Å². The highest BCUT2D eigenvalue weighted by Crippen LogP contribution is 2.28. The summed E-state index contributed by atoms with van der Waals surface area (Å²) in [5.41, 5.74) is 1.03. The number of aromatic nitrogens is 3. The van der Waals surface area contributed by atoms with Crippen molar-refractivity contribution in [2.45, 2.75) is 25.4 Å². The number of para-hydroxylation sites is 1. The summed E-state index contributed by atoms with van der Waals surface area (Å²) in [5, 5.41) is 7.21. The highest BCUT2D eigenvalue weighted by atomic mass is 32.1. The van der Waals surface area contributed by atoms with Crippen LogP contribution in [0.15, 0.2) is 30.3 Å². The molecule has 1 aromatic heterocycles. The van der Waals surface area contributed by atoms with Gasteiger partial charge in [-0.05, 0) is 43.6 Å². The van der Waals surface area contributed by atoms with E-state index in [0.29, 0.717) is 4.77 Å². The van der Waals surface area contributed by atoms with Crippen LogP contribution in [-0.4, -0.2) is 21.4 Å². The fourth-order valence-electron chi connectivity index (χ4n) is 2.30. The molecule has 2 aromatic rings. The Hall–Kier alpha value is -1.46. The zero-order valence-electron chi connectivity index (χ0n) is 10.0. The van der Waals surface area contributed by atoms with Gasteiger partial charge in [0.15, 0.2) is 10.6 Å².